The minimum atomic E-state index is -1.07. The van der Waals surface area contributed by atoms with Gasteiger partial charge in [-0.15, -0.1) is 0 Å². The largest absolute Gasteiger partial charge is 0.369 e. The summed E-state index contributed by atoms with van der Waals surface area (Å²) >= 11 is 5.79. The summed E-state index contributed by atoms with van der Waals surface area (Å²) in [7, 11) is 0. The molecule has 1 aromatic heterocycles. The molecule has 0 radical (unpaired) electrons. The summed E-state index contributed by atoms with van der Waals surface area (Å²) in [4.78, 5) is 12.9. The van der Waals surface area contributed by atoms with Crippen LogP contribution in [0.15, 0.2) is 21.2 Å². The number of anilines is 1. The second-order valence-electron chi connectivity index (χ2n) is 4.29. The van der Waals surface area contributed by atoms with E-state index in [1.165, 1.54) is 0 Å². The number of nitrogens with zero attached hydrogens (tertiary/aromatic N) is 2. The first kappa shape index (κ1) is 12.1. The zero-order chi connectivity index (χ0) is 12.7. The molecule has 2 rings (SSSR count). The van der Waals surface area contributed by atoms with Crippen molar-refractivity contribution >= 4 is 23.3 Å². The molecule has 6 heteroatoms. The first-order chi connectivity index (χ1) is 7.93. The Morgan fingerprint density at radius 3 is 2.65 bits per heavy atom. The molecule has 0 saturated heterocycles. The summed E-state index contributed by atoms with van der Waals surface area (Å²) in [5.41, 5.74) is 0.422. The highest BCUT2D eigenvalue weighted by atomic mass is 35.5. The van der Waals surface area contributed by atoms with Crippen molar-refractivity contribution in [3.8, 4) is 0 Å². The van der Waals surface area contributed by atoms with Gasteiger partial charge in [-0.2, -0.15) is 0 Å². The van der Waals surface area contributed by atoms with Crippen LogP contribution in [-0.2, 0) is 4.79 Å². The van der Waals surface area contributed by atoms with Crippen molar-refractivity contribution in [3.63, 3.8) is 0 Å². The van der Waals surface area contributed by atoms with Crippen LogP contribution in [-0.4, -0.2) is 22.4 Å². The summed E-state index contributed by atoms with van der Waals surface area (Å²) in [6.07, 6.45) is -1.07. The number of aliphatic hydroxyl groups is 1. The van der Waals surface area contributed by atoms with Crippen molar-refractivity contribution in [2.45, 2.75) is 32.9 Å². The Morgan fingerprint density at radius 2 is 2.24 bits per heavy atom. The lowest BCUT2D eigenvalue weighted by Crippen LogP contribution is -2.35. The number of aliphatic hydroxyl groups excluding tert-OH is 1. The summed E-state index contributed by atoms with van der Waals surface area (Å²) < 4.78 is 5.09. The fourth-order valence-electron chi connectivity index (χ4n) is 1.59. The van der Waals surface area contributed by atoms with E-state index in [0.717, 1.165) is 4.90 Å². The molecule has 0 aliphatic carbocycles. The number of hydrogen-bond acceptors (Lipinski definition) is 4. The van der Waals surface area contributed by atoms with Crippen LogP contribution in [0, 0.1) is 0 Å². The van der Waals surface area contributed by atoms with Crippen LogP contribution in [0.3, 0.4) is 0 Å². The number of rotatable bonds is 2. The molecule has 1 aromatic rings. The fraction of sp³-hybridized carbons (Fsp3) is 0.455. The molecule has 1 N–H and O–H groups in total. The first-order valence-corrected chi connectivity index (χ1v) is 5.65. The normalized spacial score (nSPS) is 20.9. The number of carbonyl (C=O) groups excluding carboxylic acids is 1. The van der Waals surface area contributed by atoms with Gasteiger partial charge < -0.3 is 9.63 Å². The van der Waals surface area contributed by atoms with Crippen LogP contribution in [0.25, 0.3) is 0 Å². The Morgan fingerprint density at radius 1 is 1.59 bits per heavy atom. The molecule has 0 fully saturated rings. The topological polar surface area (TPSA) is 66.6 Å². The lowest BCUT2D eigenvalue weighted by molar-refractivity contribution is -0.115. The average molecular weight is 257 g/mol. The molecule has 1 amide bonds. The van der Waals surface area contributed by atoms with E-state index in [1.54, 1.807) is 13.0 Å². The third-order valence-corrected chi connectivity index (χ3v) is 3.18. The summed E-state index contributed by atoms with van der Waals surface area (Å²) in [6, 6.07) is 1.63. The molecular formula is C11H13ClN2O3. The van der Waals surface area contributed by atoms with Gasteiger partial charge in [0.25, 0.3) is 5.91 Å². The van der Waals surface area contributed by atoms with E-state index < -0.39 is 12.1 Å². The van der Waals surface area contributed by atoms with E-state index in [9.17, 15) is 9.90 Å². The number of aromatic nitrogens is 1. The van der Waals surface area contributed by atoms with E-state index >= 15 is 0 Å². The van der Waals surface area contributed by atoms with Crippen molar-refractivity contribution in [3.05, 3.63) is 22.4 Å². The van der Waals surface area contributed by atoms with Crippen molar-refractivity contribution in [1.29, 1.82) is 0 Å². The van der Waals surface area contributed by atoms with Gasteiger partial charge in [0, 0.05) is 17.6 Å². The molecule has 2 heterocycles. The Bertz CT molecular complexity index is 493. The van der Waals surface area contributed by atoms with Gasteiger partial charge in [-0.25, -0.2) is 0 Å². The smallest absolute Gasteiger partial charge is 0.273 e. The van der Waals surface area contributed by atoms with Gasteiger partial charge in [0.1, 0.15) is 10.8 Å². The van der Waals surface area contributed by atoms with E-state index in [-0.39, 0.29) is 16.8 Å². The zero-order valence-electron chi connectivity index (χ0n) is 9.77. The van der Waals surface area contributed by atoms with Crippen molar-refractivity contribution in [2.24, 2.45) is 0 Å². The summed E-state index contributed by atoms with van der Waals surface area (Å²) in [5.74, 6) is 0.637. The van der Waals surface area contributed by atoms with Crippen LogP contribution in [0.2, 0.25) is 0 Å². The molecule has 1 atom stereocenters. The number of amides is 1. The maximum absolute atomic E-state index is 11.8. The van der Waals surface area contributed by atoms with Gasteiger partial charge in [0.05, 0.1) is 0 Å². The number of hydrogen-bond donors (Lipinski definition) is 1. The van der Waals surface area contributed by atoms with Gasteiger partial charge in [0.15, 0.2) is 12.0 Å². The first-order valence-electron chi connectivity index (χ1n) is 5.28. The van der Waals surface area contributed by atoms with Crippen LogP contribution < -0.4 is 4.90 Å². The Labute approximate surface area is 104 Å². The predicted octanol–water partition coefficient (Wildman–Crippen LogP) is 1.98. The molecule has 1 aliphatic rings. The third-order valence-electron chi connectivity index (χ3n) is 2.72. The third kappa shape index (κ3) is 1.85. The van der Waals surface area contributed by atoms with Gasteiger partial charge in [0.2, 0.25) is 0 Å². The van der Waals surface area contributed by atoms with Crippen molar-refractivity contribution in [2.75, 3.05) is 4.90 Å². The maximum Gasteiger partial charge on any atom is 0.273 e. The standard InChI is InChI=1S/C11H13ClN2O3/c1-5(2)7-4-8(13-17-7)14-10(15)6(3)9(12)11(14)16/h4-5,10,15H,1-3H3. The van der Waals surface area contributed by atoms with E-state index in [0.29, 0.717) is 11.3 Å². The van der Waals surface area contributed by atoms with Crippen LogP contribution in [0.4, 0.5) is 5.82 Å². The van der Waals surface area contributed by atoms with Gasteiger partial charge in [-0.3, -0.25) is 9.69 Å². The van der Waals surface area contributed by atoms with Crippen LogP contribution >= 0.6 is 11.6 Å². The quantitative estimate of drug-likeness (QED) is 0.879. The van der Waals surface area contributed by atoms with E-state index in [2.05, 4.69) is 5.16 Å². The highest BCUT2D eigenvalue weighted by Crippen LogP contribution is 2.32. The molecular weight excluding hydrogens is 244 g/mol. The Kier molecular flexibility index (Phi) is 2.97. The Hall–Kier alpha value is -1.33. The molecule has 5 nitrogen and oxygen atoms in total. The Balaban J connectivity index is 2.33. The van der Waals surface area contributed by atoms with Crippen LogP contribution in [0.1, 0.15) is 32.4 Å². The average Bonchev–Trinajstić information content (AvgIpc) is 2.81. The fourth-order valence-corrected chi connectivity index (χ4v) is 1.78. The SMILES string of the molecule is CC1=C(Cl)C(=O)N(c2cc(C(C)C)on2)C1O. The molecule has 17 heavy (non-hydrogen) atoms. The van der Waals surface area contributed by atoms with Crippen LogP contribution in [0.5, 0.6) is 0 Å². The van der Waals surface area contributed by atoms with Gasteiger partial charge >= 0.3 is 0 Å². The zero-order valence-corrected chi connectivity index (χ0v) is 10.5. The molecule has 0 saturated carbocycles. The minimum absolute atomic E-state index is 0.0339. The molecule has 1 aliphatic heterocycles. The highest BCUT2D eigenvalue weighted by molar-refractivity contribution is 6.45. The van der Waals surface area contributed by atoms with Gasteiger partial charge in [-0.05, 0) is 6.92 Å². The molecule has 92 valence electrons. The molecule has 1 unspecified atom stereocenters. The monoisotopic (exact) mass is 256 g/mol. The summed E-state index contributed by atoms with van der Waals surface area (Å²) in [6.45, 7) is 5.50. The predicted molar refractivity (Wildman–Crippen MR) is 62.6 cm³/mol. The lowest BCUT2D eigenvalue weighted by Gasteiger charge is -2.17. The van der Waals surface area contributed by atoms with Gasteiger partial charge in [-0.1, -0.05) is 30.6 Å². The maximum atomic E-state index is 11.8. The lowest BCUT2D eigenvalue weighted by atomic mass is 10.1. The molecule has 0 bridgehead atoms. The van der Waals surface area contributed by atoms with E-state index in [4.69, 9.17) is 16.1 Å². The number of carbonyl (C=O) groups is 1. The highest BCUT2D eigenvalue weighted by Gasteiger charge is 2.37. The minimum Gasteiger partial charge on any atom is -0.369 e. The molecule has 0 aromatic carbocycles. The number of halogens is 1. The summed E-state index contributed by atoms with van der Waals surface area (Å²) in [5, 5.41) is 13.7. The second-order valence-corrected chi connectivity index (χ2v) is 4.67. The van der Waals surface area contributed by atoms with Crippen molar-refractivity contribution in [1.82, 2.24) is 5.16 Å². The van der Waals surface area contributed by atoms with Crippen molar-refractivity contribution < 1.29 is 14.4 Å². The molecule has 0 spiro atoms. The second kappa shape index (κ2) is 4.16. The van der Waals surface area contributed by atoms with E-state index in [1.807, 2.05) is 13.8 Å².